The lowest BCUT2D eigenvalue weighted by molar-refractivity contribution is -0.123. The van der Waals surface area contributed by atoms with Gasteiger partial charge in [0.05, 0.1) is 0 Å². The molecule has 4 heteroatoms. The average molecular weight is 332 g/mol. The van der Waals surface area contributed by atoms with Crippen LogP contribution in [0.2, 0.25) is 0 Å². The summed E-state index contributed by atoms with van der Waals surface area (Å²) in [6.07, 6.45) is 4.00. The van der Waals surface area contributed by atoms with E-state index in [9.17, 15) is 4.79 Å². The van der Waals surface area contributed by atoms with E-state index in [4.69, 9.17) is 4.74 Å². The summed E-state index contributed by atoms with van der Waals surface area (Å²) in [6, 6.07) is 16.7. The number of amides is 1. The summed E-state index contributed by atoms with van der Waals surface area (Å²) < 4.78 is 5.61. The Kier molecular flexibility index (Phi) is 4.10. The molecule has 3 aromatic rings. The number of benzene rings is 2. The standard InChI is InChI=1S/C21H20N2O2/c1-14-10-18(8-9-22-14)15-2-3-17-12-20(7-4-16(17)11-15)25-13-21(24)23-19-5-6-19/h2-4,7-12,19H,5-6,13H2,1H3,(H,23,24). The van der Waals surface area contributed by atoms with Crippen molar-refractivity contribution in [3.8, 4) is 16.9 Å². The van der Waals surface area contributed by atoms with Crippen LogP contribution < -0.4 is 10.1 Å². The van der Waals surface area contributed by atoms with E-state index in [0.29, 0.717) is 11.8 Å². The first-order chi connectivity index (χ1) is 12.2. The number of nitrogens with one attached hydrogen (secondary N) is 1. The average Bonchev–Trinajstić information content (AvgIpc) is 3.43. The second-order valence-electron chi connectivity index (χ2n) is 6.54. The van der Waals surface area contributed by atoms with Crippen molar-refractivity contribution >= 4 is 16.7 Å². The fourth-order valence-electron chi connectivity index (χ4n) is 2.86. The molecule has 0 saturated heterocycles. The van der Waals surface area contributed by atoms with E-state index in [2.05, 4.69) is 34.6 Å². The van der Waals surface area contributed by atoms with E-state index in [1.807, 2.05) is 37.4 Å². The lowest BCUT2D eigenvalue weighted by Crippen LogP contribution is -2.30. The molecule has 4 nitrogen and oxygen atoms in total. The van der Waals surface area contributed by atoms with Crippen LogP contribution in [-0.2, 0) is 4.79 Å². The molecule has 1 heterocycles. The van der Waals surface area contributed by atoms with Crippen LogP contribution in [-0.4, -0.2) is 23.5 Å². The van der Waals surface area contributed by atoms with Crippen molar-refractivity contribution in [2.75, 3.05) is 6.61 Å². The van der Waals surface area contributed by atoms with Crippen LogP contribution in [0.1, 0.15) is 18.5 Å². The molecule has 1 N–H and O–H groups in total. The number of hydrogen-bond acceptors (Lipinski definition) is 3. The summed E-state index contributed by atoms with van der Waals surface area (Å²) in [5.41, 5.74) is 3.33. The molecular formula is C21H20N2O2. The Balaban J connectivity index is 1.51. The first-order valence-electron chi connectivity index (χ1n) is 8.56. The monoisotopic (exact) mass is 332 g/mol. The first-order valence-corrected chi connectivity index (χ1v) is 8.56. The quantitative estimate of drug-likeness (QED) is 0.772. The first kappa shape index (κ1) is 15.6. The van der Waals surface area contributed by atoms with E-state index < -0.39 is 0 Å². The van der Waals surface area contributed by atoms with Gasteiger partial charge in [-0.05, 0) is 72.0 Å². The minimum Gasteiger partial charge on any atom is -0.484 e. The zero-order valence-electron chi connectivity index (χ0n) is 14.2. The van der Waals surface area contributed by atoms with Crippen LogP contribution in [0.5, 0.6) is 5.75 Å². The zero-order chi connectivity index (χ0) is 17.2. The molecule has 1 aliphatic carbocycles. The van der Waals surface area contributed by atoms with Crippen LogP contribution in [0.15, 0.2) is 54.7 Å². The maximum Gasteiger partial charge on any atom is 0.258 e. The topological polar surface area (TPSA) is 51.2 Å². The van der Waals surface area contributed by atoms with Crippen LogP contribution >= 0.6 is 0 Å². The number of pyridine rings is 1. The number of carbonyl (C=O) groups is 1. The molecule has 1 amide bonds. The summed E-state index contributed by atoms with van der Waals surface area (Å²) in [5, 5.41) is 5.16. The summed E-state index contributed by atoms with van der Waals surface area (Å²) in [5.74, 6) is 0.664. The number of nitrogens with zero attached hydrogens (tertiary/aromatic N) is 1. The summed E-state index contributed by atoms with van der Waals surface area (Å²) in [6.45, 7) is 2.06. The van der Waals surface area contributed by atoms with Crippen LogP contribution in [0, 0.1) is 6.92 Å². The smallest absolute Gasteiger partial charge is 0.258 e. The third-order valence-corrected chi connectivity index (χ3v) is 4.35. The molecule has 0 radical (unpaired) electrons. The van der Waals surface area contributed by atoms with Crippen LogP contribution in [0.25, 0.3) is 21.9 Å². The van der Waals surface area contributed by atoms with Gasteiger partial charge in [0, 0.05) is 17.9 Å². The van der Waals surface area contributed by atoms with Gasteiger partial charge in [-0.3, -0.25) is 9.78 Å². The highest BCUT2D eigenvalue weighted by atomic mass is 16.5. The highest BCUT2D eigenvalue weighted by Gasteiger charge is 2.23. The van der Waals surface area contributed by atoms with Crippen molar-refractivity contribution in [3.63, 3.8) is 0 Å². The zero-order valence-corrected chi connectivity index (χ0v) is 14.2. The van der Waals surface area contributed by atoms with Gasteiger partial charge in [-0.2, -0.15) is 0 Å². The van der Waals surface area contributed by atoms with E-state index >= 15 is 0 Å². The fraction of sp³-hybridized carbons (Fsp3) is 0.238. The normalized spacial score (nSPS) is 13.6. The molecule has 1 aromatic heterocycles. The highest BCUT2D eigenvalue weighted by Crippen LogP contribution is 2.27. The second-order valence-corrected chi connectivity index (χ2v) is 6.54. The van der Waals surface area contributed by atoms with E-state index in [-0.39, 0.29) is 12.5 Å². The Morgan fingerprint density at radius 2 is 1.84 bits per heavy atom. The maximum absolute atomic E-state index is 11.7. The molecule has 0 bridgehead atoms. The maximum atomic E-state index is 11.7. The second kappa shape index (κ2) is 6.55. The Bertz CT molecular complexity index is 932. The number of ether oxygens (including phenoxy) is 1. The van der Waals surface area contributed by atoms with Crippen molar-refractivity contribution in [1.29, 1.82) is 0 Å². The predicted octanol–water partition coefficient (Wildman–Crippen LogP) is 3.87. The SMILES string of the molecule is Cc1cc(-c2ccc3cc(OCC(=O)NC4CC4)ccc3c2)ccn1. The fourth-order valence-corrected chi connectivity index (χ4v) is 2.86. The predicted molar refractivity (Wildman–Crippen MR) is 98.6 cm³/mol. The molecule has 0 aliphatic heterocycles. The Labute approximate surface area is 146 Å². The third kappa shape index (κ3) is 3.79. The van der Waals surface area contributed by atoms with Crippen molar-refractivity contribution in [3.05, 3.63) is 60.4 Å². The van der Waals surface area contributed by atoms with Gasteiger partial charge in [0.25, 0.3) is 5.91 Å². The Morgan fingerprint density at radius 1 is 1.08 bits per heavy atom. The lowest BCUT2D eigenvalue weighted by atomic mass is 10.0. The lowest BCUT2D eigenvalue weighted by Gasteiger charge is -2.09. The van der Waals surface area contributed by atoms with Gasteiger partial charge < -0.3 is 10.1 Å². The molecule has 1 saturated carbocycles. The van der Waals surface area contributed by atoms with Gasteiger partial charge in [-0.1, -0.05) is 18.2 Å². The van der Waals surface area contributed by atoms with E-state index in [1.54, 1.807) is 0 Å². The van der Waals surface area contributed by atoms with Gasteiger partial charge in [0.15, 0.2) is 6.61 Å². The molecule has 1 fully saturated rings. The molecule has 126 valence electrons. The summed E-state index contributed by atoms with van der Waals surface area (Å²) >= 11 is 0. The van der Waals surface area contributed by atoms with E-state index in [1.165, 1.54) is 0 Å². The minimum atomic E-state index is -0.0500. The van der Waals surface area contributed by atoms with Crippen molar-refractivity contribution in [1.82, 2.24) is 10.3 Å². The van der Waals surface area contributed by atoms with Gasteiger partial charge in [-0.25, -0.2) is 0 Å². The van der Waals surface area contributed by atoms with Crippen molar-refractivity contribution < 1.29 is 9.53 Å². The molecule has 1 aliphatic rings. The van der Waals surface area contributed by atoms with Gasteiger partial charge in [-0.15, -0.1) is 0 Å². The summed E-state index contributed by atoms with van der Waals surface area (Å²) in [4.78, 5) is 16.0. The van der Waals surface area contributed by atoms with Crippen molar-refractivity contribution in [2.45, 2.75) is 25.8 Å². The van der Waals surface area contributed by atoms with Crippen LogP contribution in [0.4, 0.5) is 0 Å². The van der Waals surface area contributed by atoms with Crippen LogP contribution in [0.3, 0.4) is 0 Å². The molecular weight excluding hydrogens is 312 g/mol. The number of rotatable bonds is 5. The number of aryl methyl sites for hydroxylation is 1. The Morgan fingerprint density at radius 3 is 2.64 bits per heavy atom. The number of carbonyl (C=O) groups excluding carboxylic acids is 1. The van der Waals surface area contributed by atoms with E-state index in [0.717, 1.165) is 40.4 Å². The van der Waals surface area contributed by atoms with Gasteiger partial charge in [0.1, 0.15) is 5.75 Å². The largest absolute Gasteiger partial charge is 0.484 e. The molecule has 0 spiro atoms. The molecule has 0 unspecified atom stereocenters. The minimum absolute atomic E-state index is 0.0500. The summed E-state index contributed by atoms with van der Waals surface area (Å²) in [7, 11) is 0. The Hall–Kier alpha value is -2.88. The van der Waals surface area contributed by atoms with Crippen molar-refractivity contribution in [2.24, 2.45) is 0 Å². The van der Waals surface area contributed by atoms with Gasteiger partial charge >= 0.3 is 0 Å². The van der Waals surface area contributed by atoms with Gasteiger partial charge in [0.2, 0.25) is 0 Å². The number of aromatic nitrogens is 1. The third-order valence-electron chi connectivity index (χ3n) is 4.35. The molecule has 25 heavy (non-hydrogen) atoms. The number of hydrogen-bond donors (Lipinski definition) is 1. The number of fused-ring (bicyclic) bond motifs is 1. The molecule has 0 atom stereocenters. The highest BCUT2D eigenvalue weighted by molar-refractivity contribution is 5.88. The molecule has 4 rings (SSSR count). The molecule has 2 aromatic carbocycles.